The third-order valence-electron chi connectivity index (χ3n) is 6.23. The number of aryl methyl sites for hydroxylation is 1. The van der Waals surface area contributed by atoms with Crippen LogP contribution in [0.1, 0.15) is 39.0 Å². The molecule has 6 heteroatoms. The number of esters is 1. The molecule has 2 saturated carbocycles. The fourth-order valence-electron chi connectivity index (χ4n) is 4.54. The largest absolute Gasteiger partial charge is 0.467 e. The van der Waals surface area contributed by atoms with Gasteiger partial charge in [0.2, 0.25) is 0 Å². The number of carbonyl (C=O) groups excluding carboxylic acids is 1. The second kappa shape index (κ2) is 5.58. The molecule has 1 atom stereocenters. The molecular weight excluding hydrogens is 318 g/mol. The molecule has 132 valence electrons. The van der Waals surface area contributed by atoms with Crippen molar-refractivity contribution in [3.05, 3.63) is 34.6 Å². The zero-order valence-electron chi connectivity index (χ0n) is 14.7. The zero-order chi connectivity index (χ0) is 17.7. The third kappa shape index (κ3) is 2.06. The van der Waals surface area contributed by atoms with Gasteiger partial charge in [-0.15, -0.1) is 0 Å². The number of ether oxygens (including phenoxy) is 1. The van der Waals surface area contributed by atoms with E-state index in [1.54, 1.807) is 4.57 Å². The Morgan fingerprint density at radius 1 is 1.28 bits per heavy atom. The fourth-order valence-corrected chi connectivity index (χ4v) is 4.54. The maximum Gasteiger partial charge on any atom is 0.332 e. The van der Waals surface area contributed by atoms with Gasteiger partial charge < -0.3 is 14.6 Å². The summed E-state index contributed by atoms with van der Waals surface area (Å²) in [6.07, 6.45) is 4.77. The van der Waals surface area contributed by atoms with E-state index in [-0.39, 0.29) is 22.8 Å². The lowest BCUT2D eigenvalue weighted by Crippen LogP contribution is -2.70. The number of methoxy groups -OCH3 is 1. The summed E-state index contributed by atoms with van der Waals surface area (Å²) in [5.41, 5.74) is 0.454. The smallest absolute Gasteiger partial charge is 0.332 e. The van der Waals surface area contributed by atoms with Crippen molar-refractivity contribution < 1.29 is 9.53 Å². The highest BCUT2D eigenvalue weighted by Crippen LogP contribution is 2.63. The van der Waals surface area contributed by atoms with Gasteiger partial charge in [-0.3, -0.25) is 4.79 Å². The van der Waals surface area contributed by atoms with Gasteiger partial charge in [-0.1, -0.05) is 18.6 Å². The van der Waals surface area contributed by atoms with Crippen molar-refractivity contribution >= 4 is 22.8 Å². The molecule has 2 aliphatic rings. The normalized spacial score (nSPS) is 23.8. The Morgan fingerprint density at radius 2 is 2.04 bits per heavy atom. The summed E-state index contributed by atoms with van der Waals surface area (Å²) in [6, 6.07) is 7.57. The van der Waals surface area contributed by atoms with E-state index in [2.05, 4.69) is 10.3 Å². The summed E-state index contributed by atoms with van der Waals surface area (Å²) in [5.74, 6) is -0.0345. The monoisotopic (exact) mass is 341 g/mol. The number of rotatable bonds is 4. The third-order valence-corrected chi connectivity index (χ3v) is 6.23. The molecule has 1 unspecified atom stereocenters. The molecule has 0 radical (unpaired) electrons. The van der Waals surface area contributed by atoms with Crippen LogP contribution < -0.4 is 10.9 Å². The number of nitrogens with one attached hydrogen (secondary N) is 1. The topological polar surface area (TPSA) is 73.2 Å². The van der Waals surface area contributed by atoms with Crippen LogP contribution in [0.2, 0.25) is 0 Å². The highest BCUT2D eigenvalue weighted by Gasteiger charge is 2.67. The Morgan fingerprint density at radius 3 is 2.60 bits per heavy atom. The molecule has 0 amide bonds. The quantitative estimate of drug-likeness (QED) is 0.866. The van der Waals surface area contributed by atoms with Gasteiger partial charge in [0.15, 0.2) is 5.82 Å². The van der Waals surface area contributed by atoms with E-state index in [1.807, 2.05) is 31.2 Å². The summed E-state index contributed by atoms with van der Waals surface area (Å²) in [6.45, 7) is 2.48. The van der Waals surface area contributed by atoms with Crippen molar-refractivity contribution in [2.75, 3.05) is 12.4 Å². The maximum atomic E-state index is 12.9. The van der Waals surface area contributed by atoms with Gasteiger partial charge in [-0.2, -0.15) is 0 Å². The Bertz CT molecular complexity index is 895. The number of hydrogen-bond acceptors (Lipinski definition) is 5. The SMILES string of the molecule is CCn1c(=O)c(NC2(C(=O)OC)CCC23CCC3)nc2ccccc21. The van der Waals surface area contributed by atoms with E-state index in [4.69, 9.17) is 4.74 Å². The van der Waals surface area contributed by atoms with Crippen LogP contribution in [-0.4, -0.2) is 28.2 Å². The Labute approximate surface area is 146 Å². The van der Waals surface area contributed by atoms with Crippen LogP contribution in [0, 0.1) is 5.41 Å². The maximum absolute atomic E-state index is 12.9. The number of benzene rings is 1. The number of carbonyl (C=O) groups is 1. The van der Waals surface area contributed by atoms with E-state index in [0.717, 1.165) is 36.7 Å². The number of fused-ring (bicyclic) bond motifs is 1. The molecule has 1 aromatic heterocycles. The second-order valence-electron chi connectivity index (χ2n) is 7.15. The molecule has 2 aliphatic carbocycles. The van der Waals surface area contributed by atoms with Crippen molar-refractivity contribution in [3.63, 3.8) is 0 Å². The first kappa shape index (κ1) is 16.1. The van der Waals surface area contributed by atoms with Crippen molar-refractivity contribution in [3.8, 4) is 0 Å². The average Bonchev–Trinajstić information content (AvgIpc) is 2.57. The summed E-state index contributed by atoms with van der Waals surface area (Å²) in [7, 11) is 1.41. The number of aromatic nitrogens is 2. The van der Waals surface area contributed by atoms with E-state index in [1.165, 1.54) is 7.11 Å². The zero-order valence-corrected chi connectivity index (χ0v) is 14.7. The Balaban J connectivity index is 1.83. The molecule has 2 fully saturated rings. The van der Waals surface area contributed by atoms with Crippen LogP contribution in [0.25, 0.3) is 11.0 Å². The molecule has 1 aromatic carbocycles. The molecule has 4 rings (SSSR count). The van der Waals surface area contributed by atoms with Crippen molar-refractivity contribution in [2.45, 2.75) is 51.1 Å². The minimum Gasteiger partial charge on any atom is -0.467 e. The van der Waals surface area contributed by atoms with Crippen LogP contribution >= 0.6 is 0 Å². The predicted octanol–water partition coefficient (Wildman–Crippen LogP) is 2.70. The Hall–Kier alpha value is -2.37. The molecule has 1 heterocycles. The van der Waals surface area contributed by atoms with Crippen LogP contribution in [0.3, 0.4) is 0 Å². The van der Waals surface area contributed by atoms with Crippen molar-refractivity contribution in [2.24, 2.45) is 5.41 Å². The van der Waals surface area contributed by atoms with Crippen LogP contribution in [0.15, 0.2) is 29.1 Å². The van der Waals surface area contributed by atoms with Crippen LogP contribution in [-0.2, 0) is 16.1 Å². The lowest BCUT2D eigenvalue weighted by Gasteiger charge is -2.62. The van der Waals surface area contributed by atoms with Crippen molar-refractivity contribution in [1.29, 1.82) is 0 Å². The van der Waals surface area contributed by atoms with Crippen molar-refractivity contribution in [1.82, 2.24) is 9.55 Å². The molecule has 6 nitrogen and oxygen atoms in total. The van der Waals surface area contributed by atoms with Gasteiger partial charge in [0.25, 0.3) is 5.56 Å². The van der Waals surface area contributed by atoms with Gasteiger partial charge in [0.1, 0.15) is 5.54 Å². The first-order valence-electron chi connectivity index (χ1n) is 8.93. The molecule has 0 aliphatic heterocycles. The molecular formula is C19H23N3O3. The van der Waals surface area contributed by atoms with Gasteiger partial charge in [0, 0.05) is 12.0 Å². The predicted molar refractivity (Wildman–Crippen MR) is 95.6 cm³/mol. The summed E-state index contributed by atoms with van der Waals surface area (Å²) in [4.78, 5) is 30.1. The fraction of sp³-hybridized carbons (Fsp3) is 0.526. The van der Waals surface area contributed by atoms with Gasteiger partial charge in [-0.05, 0) is 44.7 Å². The number of anilines is 1. The number of nitrogens with zero attached hydrogens (tertiary/aromatic N) is 2. The van der Waals surface area contributed by atoms with E-state index < -0.39 is 5.54 Å². The second-order valence-corrected chi connectivity index (χ2v) is 7.15. The molecule has 25 heavy (non-hydrogen) atoms. The van der Waals surface area contributed by atoms with Gasteiger partial charge >= 0.3 is 5.97 Å². The average molecular weight is 341 g/mol. The lowest BCUT2D eigenvalue weighted by molar-refractivity contribution is -0.167. The molecule has 0 saturated heterocycles. The lowest BCUT2D eigenvalue weighted by atomic mass is 9.45. The number of para-hydroxylation sites is 2. The van der Waals surface area contributed by atoms with Gasteiger partial charge in [-0.25, -0.2) is 9.78 Å². The molecule has 2 aromatic rings. The molecule has 1 N–H and O–H groups in total. The minimum atomic E-state index is -0.819. The Kier molecular flexibility index (Phi) is 3.60. The van der Waals surface area contributed by atoms with E-state index in [9.17, 15) is 9.59 Å². The first-order valence-corrected chi connectivity index (χ1v) is 8.93. The summed E-state index contributed by atoms with van der Waals surface area (Å²) in [5, 5.41) is 3.25. The van der Waals surface area contributed by atoms with E-state index >= 15 is 0 Å². The van der Waals surface area contributed by atoms with Crippen LogP contribution in [0.4, 0.5) is 5.82 Å². The molecule has 1 spiro atoms. The van der Waals surface area contributed by atoms with Gasteiger partial charge in [0.05, 0.1) is 18.1 Å². The highest BCUT2D eigenvalue weighted by atomic mass is 16.5. The minimum absolute atomic E-state index is 0.0864. The summed E-state index contributed by atoms with van der Waals surface area (Å²) >= 11 is 0. The number of hydrogen-bond donors (Lipinski definition) is 1. The first-order chi connectivity index (χ1) is 12.1. The molecule has 0 bridgehead atoms. The van der Waals surface area contributed by atoms with Crippen LogP contribution in [0.5, 0.6) is 0 Å². The standard InChI is InChI=1S/C19H23N3O3/c1-3-22-14-8-5-4-7-13(14)20-15(16(22)23)21-19(17(24)25-2)12-11-18(19)9-6-10-18/h4-5,7-8H,3,6,9-12H2,1-2H3,(H,20,21). The van der Waals surface area contributed by atoms with E-state index in [0.29, 0.717) is 13.0 Å². The summed E-state index contributed by atoms with van der Waals surface area (Å²) < 4.78 is 6.80. The highest BCUT2D eigenvalue weighted by molar-refractivity contribution is 5.88.